The molecule has 3 aromatic rings. The van der Waals surface area contributed by atoms with Crippen molar-refractivity contribution in [3.8, 4) is 5.69 Å². The average Bonchev–Trinajstić information content (AvgIpc) is 3.08. The van der Waals surface area contributed by atoms with Gasteiger partial charge in [0.15, 0.2) is 5.52 Å². The summed E-state index contributed by atoms with van der Waals surface area (Å²) in [5, 5.41) is 8.65. The molecule has 0 saturated carbocycles. The van der Waals surface area contributed by atoms with E-state index in [0.29, 0.717) is 5.39 Å². The van der Waals surface area contributed by atoms with Gasteiger partial charge in [-0.1, -0.05) is 18.2 Å². The van der Waals surface area contributed by atoms with Gasteiger partial charge in [0.25, 0.3) is 5.56 Å². The molecule has 2 heterocycles. The minimum Gasteiger partial charge on any atom is -0.348 e. The molecule has 0 radical (unpaired) electrons. The van der Waals surface area contributed by atoms with Gasteiger partial charge >= 0.3 is 6.18 Å². The van der Waals surface area contributed by atoms with Gasteiger partial charge in [-0.2, -0.15) is 23.4 Å². The first-order valence-electron chi connectivity index (χ1n) is 8.64. The van der Waals surface area contributed by atoms with E-state index in [-0.39, 0.29) is 5.52 Å². The number of hydrogen-bond donors (Lipinski definition) is 0. The van der Waals surface area contributed by atoms with Gasteiger partial charge in [0.2, 0.25) is 5.91 Å². The summed E-state index contributed by atoms with van der Waals surface area (Å²) in [6.07, 6.45) is -1.55. The summed E-state index contributed by atoms with van der Waals surface area (Å²) in [5.74, 6) is -0.517. The topological polar surface area (TPSA) is 76.3 Å². The maximum atomic E-state index is 12.9. The van der Waals surface area contributed by atoms with E-state index in [0.717, 1.165) is 15.3 Å². The van der Waals surface area contributed by atoms with Crippen LogP contribution in [0.1, 0.15) is 0 Å². The van der Waals surface area contributed by atoms with E-state index in [1.165, 1.54) is 29.9 Å². The Morgan fingerprint density at radius 3 is 2.48 bits per heavy atom. The minimum atomic E-state index is -4.53. The molecular weight excluding hydrogens is 389 g/mol. The van der Waals surface area contributed by atoms with Crippen LogP contribution in [0.5, 0.6) is 0 Å². The van der Waals surface area contributed by atoms with Crippen molar-refractivity contribution in [1.82, 2.24) is 29.4 Å². The molecule has 29 heavy (non-hydrogen) atoms. The number of rotatable bonds is 6. The van der Waals surface area contributed by atoms with Crippen molar-refractivity contribution in [2.75, 3.05) is 27.2 Å². The largest absolute Gasteiger partial charge is 0.401 e. The Hall–Kier alpha value is -3.21. The number of fused-ring (bicyclic) bond motifs is 1. The Labute approximate surface area is 163 Å². The quantitative estimate of drug-likeness (QED) is 0.618. The number of aromatic nitrogens is 4. The molecule has 0 fully saturated rings. The molecule has 0 saturated heterocycles. The highest BCUT2D eigenvalue weighted by Gasteiger charge is 2.32. The van der Waals surface area contributed by atoms with E-state index in [1.54, 1.807) is 18.3 Å². The Morgan fingerprint density at radius 1 is 1.17 bits per heavy atom. The zero-order valence-electron chi connectivity index (χ0n) is 15.8. The maximum absolute atomic E-state index is 12.9. The Kier molecular flexibility index (Phi) is 5.69. The zero-order chi connectivity index (χ0) is 21.2. The molecule has 0 unspecified atom stereocenters. The molecule has 154 valence electrons. The zero-order valence-corrected chi connectivity index (χ0v) is 15.8. The molecule has 0 aliphatic rings. The van der Waals surface area contributed by atoms with Gasteiger partial charge in [-0.15, -0.1) is 0 Å². The van der Waals surface area contributed by atoms with E-state index >= 15 is 0 Å². The van der Waals surface area contributed by atoms with Gasteiger partial charge in [0.1, 0.15) is 0 Å². The van der Waals surface area contributed by atoms with Crippen LogP contribution in [-0.4, -0.2) is 68.6 Å². The van der Waals surface area contributed by atoms with Crippen LogP contribution in [0.25, 0.3) is 16.6 Å². The van der Waals surface area contributed by atoms with E-state index in [2.05, 4.69) is 10.2 Å². The lowest BCUT2D eigenvalue weighted by molar-refractivity contribution is -0.154. The van der Waals surface area contributed by atoms with Gasteiger partial charge in [-0.3, -0.25) is 14.5 Å². The summed E-state index contributed by atoms with van der Waals surface area (Å²) in [6.45, 7) is -2.35. The first kappa shape index (κ1) is 20.5. The van der Waals surface area contributed by atoms with Gasteiger partial charge in [0, 0.05) is 25.7 Å². The predicted octanol–water partition coefficient (Wildman–Crippen LogP) is 1.49. The van der Waals surface area contributed by atoms with E-state index < -0.39 is 37.4 Å². The lowest BCUT2D eigenvalue weighted by Gasteiger charge is -2.24. The number of nitrogens with zero attached hydrogens (tertiary/aromatic N) is 6. The van der Waals surface area contributed by atoms with Crippen molar-refractivity contribution in [3.05, 3.63) is 53.1 Å². The van der Waals surface area contributed by atoms with Crippen molar-refractivity contribution >= 4 is 16.8 Å². The van der Waals surface area contributed by atoms with Crippen LogP contribution in [-0.2, 0) is 11.5 Å². The lowest BCUT2D eigenvalue weighted by Crippen LogP contribution is -2.44. The van der Waals surface area contributed by atoms with Gasteiger partial charge < -0.3 is 4.90 Å². The Balaban J connectivity index is 1.92. The highest BCUT2D eigenvalue weighted by Crippen LogP contribution is 2.17. The Bertz CT molecular complexity index is 1060. The highest BCUT2D eigenvalue weighted by molar-refractivity contribution is 5.77. The lowest BCUT2D eigenvalue weighted by atomic mass is 10.3. The van der Waals surface area contributed by atoms with Crippen LogP contribution in [0.15, 0.2) is 47.5 Å². The van der Waals surface area contributed by atoms with Crippen LogP contribution in [0.2, 0.25) is 0 Å². The molecule has 0 aliphatic heterocycles. The summed E-state index contributed by atoms with van der Waals surface area (Å²) in [7, 11) is 2.89. The molecule has 2 aromatic heterocycles. The number of carbonyl (C=O) groups is 1. The first-order valence-corrected chi connectivity index (χ1v) is 8.64. The van der Waals surface area contributed by atoms with Gasteiger partial charge in [-0.25, -0.2) is 9.36 Å². The monoisotopic (exact) mass is 408 g/mol. The highest BCUT2D eigenvalue weighted by atomic mass is 19.4. The molecule has 0 spiro atoms. The fourth-order valence-corrected chi connectivity index (χ4v) is 2.70. The molecule has 0 aliphatic carbocycles. The Morgan fingerprint density at radius 2 is 1.86 bits per heavy atom. The molecule has 8 nitrogen and oxygen atoms in total. The standard InChI is InChI=1S/C18H19F3N6O2/c1-24(2)15(28)10-25(11-18(19,20)21)12-27-17(29)16-13(8-22-27)9-26(23-16)14-6-4-3-5-7-14/h3-9H,10-12H2,1-2H3. The molecule has 0 bridgehead atoms. The fraction of sp³-hybridized carbons (Fsp3) is 0.333. The van der Waals surface area contributed by atoms with Crippen molar-refractivity contribution in [2.45, 2.75) is 12.8 Å². The maximum Gasteiger partial charge on any atom is 0.401 e. The van der Waals surface area contributed by atoms with Crippen LogP contribution in [0.4, 0.5) is 13.2 Å². The predicted molar refractivity (Wildman–Crippen MR) is 99.4 cm³/mol. The number of likely N-dealkylation sites (N-methyl/N-ethyl adjacent to an activating group) is 1. The molecule has 3 rings (SSSR count). The second-order valence-electron chi connectivity index (χ2n) is 6.69. The van der Waals surface area contributed by atoms with Crippen molar-refractivity contribution in [3.63, 3.8) is 0 Å². The molecular formula is C18H19F3N6O2. The number of benzene rings is 1. The molecule has 1 amide bonds. The number of alkyl halides is 3. The summed E-state index contributed by atoms with van der Waals surface area (Å²) in [6, 6.07) is 9.07. The first-order chi connectivity index (χ1) is 13.6. The number of carbonyl (C=O) groups excluding carboxylic acids is 1. The third kappa shape index (κ3) is 4.99. The number of hydrogen-bond acceptors (Lipinski definition) is 5. The molecule has 11 heteroatoms. The van der Waals surface area contributed by atoms with Gasteiger partial charge in [-0.05, 0) is 12.1 Å². The second-order valence-corrected chi connectivity index (χ2v) is 6.69. The number of amides is 1. The SMILES string of the molecule is CN(C)C(=O)CN(Cn1ncc2cn(-c3ccccc3)nc2c1=O)CC(F)(F)F. The summed E-state index contributed by atoms with van der Waals surface area (Å²) < 4.78 is 41.1. The van der Waals surface area contributed by atoms with Crippen LogP contribution < -0.4 is 5.56 Å². The van der Waals surface area contributed by atoms with Crippen molar-refractivity contribution in [2.24, 2.45) is 0 Å². The number of halogens is 3. The van der Waals surface area contributed by atoms with Crippen LogP contribution >= 0.6 is 0 Å². The van der Waals surface area contributed by atoms with Gasteiger partial charge in [0.05, 0.1) is 31.6 Å². The average molecular weight is 408 g/mol. The molecule has 0 atom stereocenters. The van der Waals surface area contributed by atoms with Crippen molar-refractivity contribution < 1.29 is 18.0 Å². The molecule has 1 aromatic carbocycles. The number of para-hydroxylation sites is 1. The van der Waals surface area contributed by atoms with E-state index in [1.807, 2.05) is 18.2 Å². The third-order valence-corrected chi connectivity index (χ3v) is 4.13. The summed E-state index contributed by atoms with van der Waals surface area (Å²) in [5.41, 5.74) is 0.168. The normalized spacial score (nSPS) is 11.9. The minimum absolute atomic E-state index is 0.0785. The second kappa shape index (κ2) is 8.03. The summed E-state index contributed by atoms with van der Waals surface area (Å²) >= 11 is 0. The van der Waals surface area contributed by atoms with E-state index in [9.17, 15) is 22.8 Å². The smallest absolute Gasteiger partial charge is 0.348 e. The van der Waals surface area contributed by atoms with Crippen LogP contribution in [0.3, 0.4) is 0 Å². The van der Waals surface area contributed by atoms with Crippen molar-refractivity contribution in [1.29, 1.82) is 0 Å². The van der Waals surface area contributed by atoms with E-state index in [4.69, 9.17) is 0 Å². The fourth-order valence-electron chi connectivity index (χ4n) is 2.70. The third-order valence-electron chi connectivity index (χ3n) is 4.13. The summed E-state index contributed by atoms with van der Waals surface area (Å²) in [4.78, 5) is 26.6. The van der Waals surface area contributed by atoms with Crippen LogP contribution in [0, 0.1) is 0 Å². The molecule has 0 N–H and O–H groups in total.